The van der Waals surface area contributed by atoms with Gasteiger partial charge in [-0.25, -0.2) is 4.98 Å². The number of hydrogen-bond donors (Lipinski definition) is 2. The lowest BCUT2D eigenvalue weighted by atomic mass is 10.2. The Hall–Kier alpha value is -1.36. The van der Waals surface area contributed by atoms with E-state index in [0.717, 1.165) is 18.7 Å². The third kappa shape index (κ3) is 5.42. The molecular weight excluding hydrogens is 240 g/mol. The molecule has 0 fully saturated rings. The molecule has 19 heavy (non-hydrogen) atoms. The van der Waals surface area contributed by atoms with Crippen LogP contribution in [0, 0.1) is 0 Å². The van der Waals surface area contributed by atoms with Crippen molar-refractivity contribution in [2.45, 2.75) is 65.7 Å². The van der Waals surface area contributed by atoms with Gasteiger partial charge in [-0.15, -0.1) is 0 Å². The van der Waals surface area contributed by atoms with Gasteiger partial charge in [0.05, 0.1) is 6.54 Å². The molecule has 2 N–H and O–H groups in total. The van der Waals surface area contributed by atoms with Gasteiger partial charge in [-0.2, -0.15) is 0 Å². The first-order chi connectivity index (χ1) is 9.06. The summed E-state index contributed by atoms with van der Waals surface area (Å²) in [5, 5.41) is 6.35. The summed E-state index contributed by atoms with van der Waals surface area (Å²) in [5.41, 5.74) is 0. The zero-order valence-electron chi connectivity index (χ0n) is 12.4. The Morgan fingerprint density at radius 1 is 1.37 bits per heavy atom. The maximum Gasteiger partial charge on any atom is 0.240 e. The van der Waals surface area contributed by atoms with E-state index < -0.39 is 0 Å². The van der Waals surface area contributed by atoms with Crippen LogP contribution in [0.3, 0.4) is 0 Å². The van der Waals surface area contributed by atoms with E-state index in [1.165, 1.54) is 0 Å². The summed E-state index contributed by atoms with van der Waals surface area (Å²) in [6.07, 6.45) is 5.52. The van der Waals surface area contributed by atoms with E-state index in [0.29, 0.717) is 19.1 Å². The molecule has 0 aromatic carbocycles. The van der Waals surface area contributed by atoms with Crippen molar-refractivity contribution < 1.29 is 4.79 Å². The van der Waals surface area contributed by atoms with Crippen molar-refractivity contribution in [1.29, 1.82) is 0 Å². The topological polar surface area (TPSA) is 59.0 Å². The molecule has 1 aromatic rings. The van der Waals surface area contributed by atoms with Crippen LogP contribution in [0.25, 0.3) is 0 Å². The first-order valence-electron chi connectivity index (χ1n) is 7.09. The minimum atomic E-state index is 0.0532. The van der Waals surface area contributed by atoms with Crippen molar-refractivity contribution in [3.8, 4) is 0 Å². The van der Waals surface area contributed by atoms with Crippen LogP contribution in [0.5, 0.6) is 0 Å². The molecule has 1 amide bonds. The largest absolute Gasteiger partial charge is 0.352 e. The average molecular weight is 266 g/mol. The molecule has 0 saturated heterocycles. The Morgan fingerprint density at radius 3 is 2.63 bits per heavy atom. The Morgan fingerprint density at radius 2 is 2.05 bits per heavy atom. The molecule has 0 spiro atoms. The third-order valence-corrected chi connectivity index (χ3v) is 3.13. The van der Waals surface area contributed by atoms with E-state index in [9.17, 15) is 4.79 Å². The summed E-state index contributed by atoms with van der Waals surface area (Å²) < 4.78 is 1.90. The van der Waals surface area contributed by atoms with Gasteiger partial charge < -0.3 is 15.2 Å². The van der Waals surface area contributed by atoms with Crippen LogP contribution in [-0.4, -0.2) is 27.5 Å². The summed E-state index contributed by atoms with van der Waals surface area (Å²) >= 11 is 0. The fourth-order valence-corrected chi connectivity index (χ4v) is 1.87. The quantitative estimate of drug-likeness (QED) is 0.752. The SMILES string of the molecule is CCC(CC)NC(=O)Cn1ccnc1CNC(C)C. The lowest BCUT2D eigenvalue weighted by Gasteiger charge is -2.16. The number of rotatable bonds is 8. The molecule has 5 nitrogen and oxygen atoms in total. The summed E-state index contributed by atoms with van der Waals surface area (Å²) in [5.74, 6) is 0.950. The number of carbonyl (C=O) groups is 1. The van der Waals surface area contributed by atoms with Crippen molar-refractivity contribution in [2.24, 2.45) is 0 Å². The Labute approximate surface area is 115 Å². The standard InChI is InChI=1S/C14H26N4O/c1-5-12(6-2)17-14(19)10-18-8-7-15-13(18)9-16-11(3)4/h7-8,11-12,16H,5-6,9-10H2,1-4H3,(H,17,19). The van der Waals surface area contributed by atoms with E-state index in [4.69, 9.17) is 0 Å². The van der Waals surface area contributed by atoms with Crippen LogP contribution in [-0.2, 0) is 17.9 Å². The maximum absolute atomic E-state index is 11.9. The highest BCUT2D eigenvalue weighted by atomic mass is 16.2. The number of aromatic nitrogens is 2. The van der Waals surface area contributed by atoms with Gasteiger partial charge in [-0.1, -0.05) is 27.7 Å². The molecule has 0 bridgehead atoms. The number of hydrogen-bond acceptors (Lipinski definition) is 3. The Balaban J connectivity index is 2.52. The smallest absolute Gasteiger partial charge is 0.240 e. The molecule has 0 saturated carbocycles. The second kappa shape index (κ2) is 7.94. The summed E-state index contributed by atoms with van der Waals surface area (Å²) in [6, 6.07) is 0.678. The fraction of sp³-hybridized carbons (Fsp3) is 0.714. The van der Waals surface area contributed by atoms with Crippen LogP contribution in [0.15, 0.2) is 12.4 Å². The second-order valence-electron chi connectivity index (χ2n) is 5.09. The van der Waals surface area contributed by atoms with Gasteiger partial charge in [0.15, 0.2) is 0 Å². The van der Waals surface area contributed by atoms with Gasteiger partial charge >= 0.3 is 0 Å². The van der Waals surface area contributed by atoms with Gasteiger partial charge in [0, 0.05) is 24.5 Å². The highest BCUT2D eigenvalue weighted by Crippen LogP contribution is 2.00. The zero-order valence-corrected chi connectivity index (χ0v) is 12.4. The third-order valence-electron chi connectivity index (χ3n) is 3.13. The first-order valence-corrected chi connectivity index (χ1v) is 7.09. The van der Waals surface area contributed by atoms with Crippen molar-refractivity contribution in [3.05, 3.63) is 18.2 Å². The summed E-state index contributed by atoms with van der Waals surface area (Å²) in [4.78, 5) is 16.2. The predicted octanol–water partition coefficient (Wildman–Crippen LogP) is 1.69. The Bertz CT molecular complexity index is 383. The number of carbonyl (C=O) groups excluding carboxylic acids is 1. The summed E-state index contributed by atoms with van der Waals surface area (Å²) in [7, 11) is 0. The van der Waals surface area contributed by atoms with E-state index >= 15 is 0 Å². The first kappa shape index (κ1) is 15.7. The molecule has 5 heteroatoms. The number of nitrogens with zero attached hydrogens (tertiary/aromatic N) is 2. The molecule has 0 aliphatic carbocycles. The average Bonchev–Trinajstić information content (AvgIpc) is 2.80. The molecule has 0 unspecified atom stereocenters. The summed E-state index contributed by atoms with van der Waals surface area (Å²) in [6.45, 7) is 9.38. The number of nitrogens with one attached hydrogen (secondary N) is 2. The monoisotopic (exact) mass is 266 g/mol. The van der Waals surface area contributed by atoms with E-state index in [2.05, 4.69) is 43.3 Å². The van der Waals surface area contributed by atoms with Crippen LogP contribution >= 0.6 is 0 Å². The predicted molar refractivity (Wildman–Crippen MR) is 76.7 cm³/mol. The van der Waals surface area contributed by atoms with Crippen molar-refractivity contribution in [1.82, 2.24) is 20.2 Å². The van der Waals surface area contributed by atoms with Crippen LogP contribution in [0.4, 0.5) is 0 Å². The minimum absolute atomic E-state index is 0.0532. The minimum Gasteiger partial charge on any atom is -0.352 e. The second-order valence-corrected chi connectivity index (χ2v) is 5.09. The van der Waals surface area contributed by atoms with Gasteiger partial charge in [0.1, 0.15) is 12.4 Å². The number of imidazole rings is 1. The lowest BCUT2D eigenvalue weighted by molar-refractivity contribution is -0.122. The molecule has 0 atom stereocenters. The molecule has 1 rings (SSSR count). The van der Waals surface area contributed by atoms with E-state index in [1.807, 2.05) is 10.8 Å². The van der Waals surface area contributed by atoms with E-state index in [-0.39, 0.29) is 11.9 Å². The molecule has 0 aliphatic heterocycles. The van der Waals surface area contributed by atoms with Crippen LogP contribution in [0.1, 0.15) is 46.4 Å². The van der Waals surface area contributed by atoms with Crippen molar-refractivity contribution in [3.63, 3.8) is 0 Å². The fourth-order valence-electron chi connectivity index (χ4n) is 1.87. The van der Waals surface area contributed by atoms with Gasteiger partial charge in [0.25, 0.3) is 0 Å². The molecule has 1 aromatic heterocycles. The van der Waals surface area contributed by atoms with Crippen molar-refractivity contribution >= 4 is 5.91 Å². The lowest BCUT2D eigenvalue weighted by Crippen LogP contribution is -2.36. The van der Waals surface area contributed by atoms with Crippen LogP contribution < -0.4 is 10.6 Å². The van der Waals surface area contributed by atoms with Gasteiger partial charge in [-0.05, 0) is 12.8 Å². The Kier molecular flexibility index (Phi) is 6.56. The highest BCUT2D eigenvalue weighted by Gasteiger charge is 2.11. The van der Waals surface area contributed by atoms with Gasteiger partial charge in [0.2, 0.25) is 5.91 Å². The molecule has 108 valence electrons. The number of amides is 1. The van der Waals surface area contributed by atoms with Crippen LogP contribution in [0.2, 0.25) is 0 Å². The molecular formula is C14H26N4O. The zero-order chi connectivity index (χ0) is 14.3. The van der Waals surface area contributed by atoms with E-state index in [1.54, 1.807) is 6.20 Å². The molecule has 1 heterocycles. The normalized spacial score (nSPS) is 11.3. The molecule has 0 aliphatic rings. The molecule has 0 radical (unpaired) electrons. The highest BCUT2D eigenvalue weighted by molar-refractivity contribution is 5.76. The van der Waals surface area contributed by atoms with Gasteiger partial charge in [-0.3, -0.25) is 4.79 Å². The van der Waals surface area contributed by atoms with Crippen molar-refractivity contribution in [2.75, 3.05) is 0 Å². The maximum atomic E-state index is 11.9.